The number of rotatable bonds is 4. The summed E-state index contributed by atoms with van der Waals surface area (Å²) in [6.45, 7) is 0.281. The minimum absolute atomic E-state index is 0.281. The van der Waals surface area contributed by atoms with Crippen LogP contribution in [0.3, 0.4) is 0 Å². The molecule has 0 saturated carbocycles. The SMILES string of the molecule is CNCC(O)C(O)c1ccc2oc(=O)n(C)c2c1. The monoisotopic (exact) mass is 252 g/mol. The Morgan fingerprint density at radius 3 is 2.83 bits per heavy atom. The molecule has 1 heterocycles. The first-order chi connectivity index (χ1) is 8.54. The third-order valence-electron chi connectivity index (χ3n) is 2.93. The molecule has 6 heteroatoms. The van der Waals surface area contributed by atoms with Crippen LogP contribution in [0.2, 0.25) is 0 Å². The van der Waals surface area contributed by atoms with Crippen LogP contribution in [0.1, 0.15) is 11.7 Å². The lowest BCUT2D eigenvalue weighted by atomic mass is 10.0. The van der Waals surface area contributed by atoms with Gasteiger partial charge in [-0.3, -0.25) is 4.57 Å². The Labute approximate surface area is 103 Å². The molecule has 0 aliphatic carbocycles. The number of benzene rings is 1. The number of nitrogens with zero attached hydrogens (tertiary/aromatic N) is 1. The Balaban J connectivity index is 2.40. The van der Waals surface area contributed by atoms with Crippen molar-refractivity contribution in [3.8, 4) is 0 Å². The number of hydrogen-bond donors (Lipinski definition) is 3. The molecule has 6 nitrogen and oxygen atoms in total. The van der Waals surface area contributed by atoms with Crippen molar-refractivity contribution in [3.63, 3.8) is 0 Å². The van der Waals surface area contributed by atoms with E-state index in [0.29, 0.717) is 16.7 Å². The maximum atomic E-state index is 11.3. The molecule has 0 amide bonds. The molecular weight excluding hydrogens is 236 g/mol. The summed E-state index contributed by atoms with van der Waals surface area (Å²) in [6.07, 6.45) is -1.91. The predicted octanol–water partition coefficient (Wildman–Crippen LogP) is -0.255. The smallest absolute Gasteiger partial charge is 0.408 e. The molecule has 2 rings (SSSR count). The van der Waals surface area contributed by atoms with Gasteiger partial charge in [-0.25, -0.2) is 4.79 Å². The third kappa shape index (κ3) is 2.17. The summed E-state index contributed by atoms with van der Waals surface area (Å²) in [5.74, 6) is -0.451. The van der Waals surface area contributed by atoms with Crippen molar-refractivity contribution in [1.29, 1.82) is 0 Å². The average molecular weight is 252 g/mol. The molecule has 18 heavy (non-hydrogen) atoms. The van der Waals surface area contributed by atoms with E-state index in [1.165, 1.54) is 4.57 Å². The van der Waals surface area contributed by atoms with E-state index in [9.17, 15) is 15.0 Å². The second-order valence-electron chi connectivity index (χ2n) is 4.22. The number of aryl methyl sites for hydroxylation is 1. The van der Waals surface area contributed by atoms with Crippen LogP contribution >= 0.6 is 0 Å². The molecule has 0 saturated heterocycles. The Kier molecular flexibility index (Phi) is 3.51. The quantitative estimate of drug-likeness (QED) is 0.698. The summed E-state index contributed by atoms with van der Waals surface area (Å²) in [5.41, 5.74) is 1.59. The molecule has 0 bridgehead atoms. The van der Waals surface area contributed by atoms with Crippen molar-refractivity contribution in [2.24, 2.45) is 7.05 Å². The summed E-state index contributed by atoms with van der Waals surface area (Å²) in [7, 11) is 3.28. The number of nitrogens with one attached hydrogen (secondary N) is 1. The Morgan fingerprint density at radius 2 is 2.17 bits per heavy atom. The van der Waals surface area contributed by atoms with Crippen molar-refractivity contribution in [1.82, 2.24) is 9.88 Å². The molecule has 0 spiro atoms. The molecule has 2 atom stereocenters. The van der Waals surface area contributed by atoms with Crippen molar-refractivity contribution < 1.29 is 14.6 Å². The number of aromatic nitrogens is 1. The molecule has 0 fully saturated rings. The Hall–Kier alpha value is -1.63. The Bertz CT molecular complexity index is 602. The molecular formula is C12H16N2O4. The van der Waals surface area contributed by atoms with Crippen LogP contribution in [-0.4, -0.2) is 34.5 Å². The molecule has 1 aromatic carbocycles. The van der Waals surface area contributed by atoms with Gasteiger partial charge in [-0.1, -0.05) is 6.07 Å². The highest BCUT2D eigenvalue weighted by molar-refractivity contribution is 5.73. The summed E-state index contributed by atoms with van der Waals surface area (Å²) in [4.78, 5) is 11.3. The fourth-order valence-corrected chi connectivity index (χ4v) is 1.87. The number of aliphatic hydroxyl groups is 2. The Morgan fingerprint density at radius 1 is 1.44 bits per heavy atom. The summed E-state index contributed by atoms with van der Waals surface area (Å²) in [5, 5.41) is 22.5. The first kappa shape index (κ1) is 12.8. The van der Waals surface area contributed by atoms with Crippen LogP contribution in [-0.2, 0) is 7.05 Å². The van der Waals surface area contributed by atoms with Gasteiger partial charge in [0.25, 0.3) is 0 Å². The fraction of sp³-hybridized carbons (Fsp3) is 0.417. The van der Waals surface area contributed by atoms with Gasteiger partial charge in [-0.2, -0.15) is 0 Å². The number of aliphatic hydroxyl groups excluding tert-OH is 2. The zero-order valence-corrected chi connectivity index (χ0v) is 10.3. The topological polar surface area (TPSA) is 87.6 Å². The van der Waals surface area contributed by atoms with E-state index < -0.39 is 18.0 Å². The lowest BCUT2D eigenvalue weighted by molar-refractivity contribution is 0.0203. The van der Waals surface area contributed by atoms with Crippen molar-refractivity contribution in [3.05, 3.63) is 34.3 Å². The van der Waals surface area contributed by atoms with Crippen LogP contribution in [0.15, 0.2) is 27.4 Å². The van der Waals surface area contributed by atoms with E-state index in [-0.39, 0.29) is 6.54 Å². The number of likely N-dealkylation sites (N-methyl/N-ethyl adjacent to an activating group) is 1. The van der Waals surface area contributed by atoms with Gasteiger partial charge >= 0.3 is 5.76 Å². The van der Waals surface area contributed by atoms with Crippen molar-refractivity contribution in [2.45, 2.75) is 12.2 Å². The maximum absolute atomic E-state index is 11.3. The number of oxazole rings is 1. The normalized spacial score (nSPS) is 14.9. The third-order valence-corrected chi connectivity index (χ3v) is 2.93. The standard InChI is InChI=1S/C12H16N2O4/c1-13-6-9(15)11(16)7-3-4-10-8(5-7)14(2)12(17)18-10/h3-5,9,11,13,15-16H,6H2,1-2H3. The zero-order chi connectivity index (χ0) is 13.3. The van der Waals surface area contributed by atoms with E-state index in [1.54, 1.807) is 32.3 Å². The predicted molar refractivity (Wildman–Crippen MR) is 66.3 cm³/mol. The van der Waals surface area contributed by atoms with Gasteiger partial charge in [-0.15, -0.1) is 0 Å². The fourth-order valence-electron chi connectivity index (χ4n) is 1.87. The lowest BCUT2D eigenvalue weighted by Gasteiger charge is -2.17. The van der Waals surface area contributed by atoms with E-state index in [0.717, 1.165) is 0 Å². The molecule has 2 aromatic rings. The first-order valence-electron chi connectivity index (χ1n) is 5.65. The highest BCUT2D eigenvalue weighted by Crippen LogP contribution is 2.21. The van der Waals surface area contributed by atoms with Gasteiger partial charge in [0, 0.05) is 13.6 Å². The van der Waals surface area contributed by atoms with Crippen LogP contribution in [0, 0.1) is 0 Å². The van der Waals surface area contributed by atoms with E-state index in [2.05, 4.69) is 5.32 Å². The molecule has 0 radical (unpaired) electrons. The highest BCUT2D eigenvalue weighted by atomic mass is 16.4. The summed E-state index contributed by atoms with van der Waals surface area (Å²) >= 11 is 0. The van der Waals surface area contributed by atoms with Gasteiger partial charge in [0.2, 0.25) is 0 Å². The molecule has 0 aliphatic rings. The molecule has 3 N–H and O–H groups in total. The highest BCUT2D eigenvalue weighted by Gasteiger charge is 2.19. The number of hydrogen-bond acceptors (Lipinski definition) is 5. The summed E-state index contributed by atoms with van der Waals surface area (Å²) < 4.78 is 6.35. The molecule has 1 aromatic heterocycles. The van der Waals surface area contributed by atoms with Gasteiger partial charge in [0.1, 0.15) is 6.10 Å². The second-order valence-corrected chi connectivity index (χ2v) is 4.22. The van der Waals surface area contributed by atoms with Gasteiger partial charge in [0.15, 0.2) is 5.58 Å². The van der Waals surface area contributed by atoms with Crippen LogP contribution in [0.25, 0.3) is 11.1 Å². The van der Waals surface area contributed by atoms with Crippen LogP contribution in [0.5, 0.6) is 0 Å². The van der Waals surface area contributed by atoms with Gasteiger partial charge in [0.05, 0.1) is 11.6 Å². The zero-order valence-electron chi connectivity index (χ0n) is 10.3. The largest absolute Gasteiger partial charge is 0.419 e. The average Bonchev–Trinajstić information content (AvgIpc) is 2.64. The molecule has 2 unspecified atom stereocenters. The minimum atomic E-state index is -1.01. The minimum Gasteiger partial charge on any atom is -0.408 e. The van der Waals surface area contributed by atoms with Crippen LogP contribution in [0.4, 0.5) is 0 Å². The van der Waals surface area contributed by atoms with Crippen LogP contribution < -0.4 is 11.1 Å². The first-order valence-corrected chi connectivity index (χ1v) is 5.65. The second kappa shape index (κ2) is 4.93. The van der Waals surface area contributed by atoms with Gasteiger partial charge in [-0.05, 0) is 24.7 Å². The van der Waals surface area contributed by atoms with Gasteiger partial charge < -0.3 is 19.9 Å². The van der Waals surface area contributed by atoms with E-state index >= 15 is 0 Å². The number of fused-ring (bicyclic) bond motifs is 1. The molecule has 0 aliphatic heterocycles. The van der Waals surface area contributed by atoms with E-state index in [1.807, 2.05) is 0 Å². The van der Waals surface area contributed by atoms with Crippen molar-refractivity contribution in [2.75, 3.05) is 13.6 Å². The maximum Gasteiger partial charge on any atom is 0.419 e. The lowest BCUT2D eigenvalue weighted by Crippen LogP contribution is -2.29. The molecule has 98 valence electrons. The summed E-state index contributed by atoms with van der Waals surface area (Å²) in [6, 6.07) is 4.89. The van der Waals surface area contributed by atoms with Crippen molar-refractivity contribution >= 4 is 11.1 Å². The van der Waals surface area contributed by atoms with E-state index in [4.69, 9.17) is 4.42 Å².